The fraction of sp³-hybridized carbons (Fsp3) is 0.476. The number of rotatable bonds is 5. The third kappa shape index (κ3) is 4.24. The number of carbonyl (C=O) groups excluding carboxylic acids is 1. The van der Waals surface area contributed by atoms with Crippen LogP contribution in [0.5, 0.6) is 5.75 Å². The van der Waals surface area contributed by atoms with E-state index in [1.807, 2.05) is 23.6 Å². The van der Waals surface area contributed by atoms with E-state index in [1.165, 1.54) is 6.07 Å². The number of carbonyl (C=O) groups is 1. The molecule has 0 saturated heterocycles. The first-order valence-corrected chi connectivity index (χ1v) is 10.5. The molecule has 1 fully saturated rings. The number of aryl methyl sites for hydroxylation is 1. The lowest BCUT2D eigenvalue weighted by Crippen LogP contribution is -2.33. The van der Waals surface area contributed by atoms with Crippen molar-refractivity contribution < 1.29 is 14.3 Å². The molecule has 2 aromatic heterocycles. The molecule has 0 aliphatic heterocycles. The second kappa shape index (κ2) is 8.23. The summed E-state index contributed by atoms with van der Waals surface area (Å²) < 4.78 is 14.1. The zero-order valence-corrected chi connectivity index (χ0v) is 18.7. The molecule has 0 radical (unpaired) electrons. The smallest absolute Gasteiger partial charge is 0.343 e. The number of nitrogens with zero attached hydrogens (tertiary/aromatic N) is 2. The van der Waals surface area contributed by atoms with E-state index in [-0.39, 0.29) is 35.2 Å². The molecule has 0 aromatic carbocycles. The standard InChI is InChI=1S/C21H25IN2O4/c1-5-27-20(26)14-12-24(11-9-15(14)25)18-16(8-10-21(18,3)4)28-17-7-6-13(2)23-19(17)22/h6-7,9,11-12,16,18H,5,8,10H2,1-4H3. The van der Waals surface area contributed by atoms with E-state index in [4.69, 9.17) is 9.47 Å². The van der Waals surface area contributed by atoms with Gasteiger partial charge in [-0.3, -0.25) is 4.79 Å². The van der Waals surface area contributed by atoms with Gasteiger partial charge in [-0.2, -0.15) is 0 Å². The highest BCUT2D eigenvalue weighted by Gasteiger charge is 2.44. The van der Waals surface area contributed by atoms with E-state index >= 15 is 0 Å². The summed E-state index contributed by atoms with van der Waals surface area (Å²) in [5.74, 6) is 0.165. The van der Waals surface area contributed by atoms with Crippen LogP contribution in [0.1, 0.15) is 55.7 Å². The minimum Gasteiger partial charge on any atom is -0.485 e. The van der Waals surface area contributed by atoms with Crippen LogP contribution in [0.25, 0.3) is 0 Å². The lowest BCUT2D eigenvalue weighted by Gasteiger charge is -2.33. The maximum Gasteiger partial charge on any atom is 0.343 e. The van der Waals surface area contributed by atoms with Crippen molar-refractivity contribution in [2.24, 2.45) is 5.41 Å². The molecule has 7 heteroatoms. The summed E-state index contributed by atoms with van der Waals surface area (Å²) in [5, 5.41) is 0. The van der Waals surface area contributed by atoms with Crippen LogP contribution in [-0.4, -0.2) is 28.2 Å². The first kappa shape index (κ1) is 20.8. The quantitative estimate of drug-likeness (QED) is 0.354. The lowest BCUT2D eigenvalue weighted by molar-refractivity contribution is 0.0521. The number of halogens is 1. The van der Waals surface area contributed by atoms with Crippen LogP contribution in [0.4, 0.5) is 0 Å². The van der Waals surface area contributed by atoms with Gasteiger partial charge in [0, 0.05) is 24.2 Å². The van der Waals surface area contributed by atoms with Gasteiger partial charge < -0.3 is 14.0 Å². The predicted octanol–water partition coefficient (Wildman–Crippen LogP) is 4.14. The zero-order chi connectivity index (χ0) is 20.5. The van der Waals surface area contributed by atoms with Crippen molar-refractivity contribution in [3.05, 3.63) is 55.8 Å². The molecule has 1 aliphatic rings. The summed E-state index contributed by atoms with van der Waals surface area (Å²) in [6.45, 7) is 8.26. The molecule has 2 atom stereocenters. The summed E-state index contributed by atoms with van der Waals surface area (Å²) in [6.07, 6.45) is 5.09. The Hall–Kier alpha value is -1.90. The largest absolute Gasteiger partial charge is 0.485 e. The molecule has 0 N–H and O–H groups in total. The normalized spacial score (nSPS) is 20.8. The van der Waals surface area contributed by atoms with Crippen LogP contribution in [0.3, 0.4) is 0 Å². The summed E-state index contributed by atoms with van der Waals surface area (Å²) in [7, 11) is 0. The third-order valence-corrected chi connectivity index (χ3v) is 5.99. The highest BCUT2D eigenvalue weighted by Crippen LogP contribution is 2.47. The van der Waals surface area contributed by atoms with Gasteiger partial charge in [-0.25, -0.2) is 9.78 Å². The Labute approximate surface area is 178 Å². The molecule has 28 heavy (non-hydrogen) atoms. The van der Waals surface area contributed by atoms with Crippen molar-refractivity contribution in [2.75, 3.05) is 6.61 Å². The Morgan fingerprint density at radius 2 is 2.11 bits per heavy atom. The van der Waals surface area contributed by atoms with Gasteiger partial charge in [0.1, 0.15) is 15.4 Å². The molecule has 2 unspecified atom stereocenters. The lowest BCUT2D eigenvalue weighted by atomic mass is 9.86. The number of ether oxygens (including phenoxy) is 2. The molecular weight excluding hydrogens is 471 g/mol. The van der Waals surface area contributed by atoms with Gasteiger partial charge in [-0.15, -0.1) is 0 Å². The predicted molar refractivity (Wildman–Crippen MR) is 115 cm³/mol. The van der Waals surface area contributed by atoms with Crippen LogP contribution in [-0.2, 0) is 4.74 Å². The maximum atomic E-state index is 12.2. The zero-order valence-electron chi connectivity index (χ0n) is 16.6. The third-order valence-electron chi connectivity index (χ3n) is 5.22. The van der Waals surface area contributed by atoms with E-state index in [9.17, 15) is 9.59 Å². The fourth-order valence-electron chi connectivity index (χ4n) is 3.84. The molecule has 1 saturated carbocycles. The highest BCUT2D eigenvalue weighted by molar-refractivity contribution is 14.1. The van der Waals surface area contributed by atoms with Crippen molar-refractivity contribution in [3.63, 3.8) is 0 Å². The number of hydrogen-bond donors (Lipinski definition) is 0. The van der Waals surface area contributed by atoms with Crippen LogP contribution in [0.15, 0.2) is 35.4 Å². The number of pyridine rings is 2. The van der Waals surface area contributed by atoms with Crippen molar-refractivity contribution in [1.29, 1.82) is 0 Å². The first-order valence-electron chi connectivity index (χ1n) is 9.41. The van der Waals surface area contributed by atoms with E-state index in [1.54, 1.807) is 19.3 Å². The number of aromatic nitrogens is 2. The topological polar surface area (TPSA) is 70.4 Å². The summed E-state index contributed by atoms with van der Waals surface area (Å²) in [5.41, 5.74) is 0.604. The Morgan fingerprint density at radius 1 is 1.36 bits per heavy atom. The molecule has 0 bridgehead atoms. The Balaban J connectivity index is 1.96. The summed E-state index contributed by atoms with van der Waals surface area (Å²) in [4.78, 5) is 28.8. The molecule has 0 spiro atoms. The van der Waals surface area contributed by atoms with Crippen molar-refractivity contribution in [2.45, 2.75) is 52.7 Å². The van der Waals surface area contributed by atoms with E-state index in [0.29, 0.717) is 0 Å². The SMILES string of the molecule is CCOC(=O)c1cn(C2C(Oc3ccc(C)nc3I)CCC2(C)C)ccc1=O. The van der Waals surface area contributed by atoms with Crippen LogP contribution in [0, 0.1) is 16.0 Å². The number of hydrogen-bond acceptors (Lipinski definition) is 5. The molecule has 1 aliphatic carbocycles. The Bertz CT molecular complexity index is 938. The van der Waals surface area contributed by atoms with Crippen molar-refractivity contribution in [3.8, 4) is 5.75 Å². The summed E-state index contributed by atoms with van der Waals surface area (Å²) >= 11 is 2.19. The van der Waals surface area contributed by atoms with Gasteiger partial charge in [0.25, 0.3) is 0 Å². The Morgan fingerprint density at radius 3 is 2.79 bits per heavy atom. The average molecular weight is 496 g/mol. The van der Waals surface area contributed by atoms with Crippen molar-refractivity contribution in [1.82, 2.24) is 9.55 Å². The van der Waals surface area contributed by atoms with Gasteiger partial charge in [-0.1, -0.05) is 13.8 Å². The van der Waals surface area contributed by atoms with Crippen LogP contribution >= 0.6 is 22.6 Å². The molecule has 6 nitrogen and oxygen atoms in total. The second-order valence-corrected chi connectivity index (χ2v) is 8.78. The summed E-state index contributed by atoms with van der Waals surface area (Å²) in [6, 6.07) is 5.28. The van der Waals surface area contributed by atoms with Gasteiger partial charge >= 0.3 is 5.97 Å². The van der Waals surface area contributed by atoms with E-state index in [2.05, 4.69) is 41.4 Å². The molecule has 150 valence electrons. The van der Waals surface area contributed by atoms with Gasteiger partial charge in [0.2, 0.25) is 0 Å². The maximum absolute atomic E-state index is 12.2. The van der Waals surface area contributed by atoms with E-state index in [0.717, 1.165) is 28.0 Å². The van der Waals surface area contributed by atoms with Crippen molar-refractivity contribution >= 4 is 28.6 Å². The molecule has 0 amide bonds. The van der Waals surface area contributed by atoms with Gasteiger partial charge in [0.15, 0.2) is 11.2 Å². The highest BCUT2D eigenvalue weighted by atomic mass is 127. The molecular formula is C21H25IN2O4. The average Bonchev–Trinajstić information content (AvgIpc) is 2.92. The monoisotopic (exact) mass is 496 g/mol. The van der Waals surface area contributed by atoms with Crippen LogP contribution in [0.2, 0.25) is 0 Å². The van der Waals surface area contributed by atoms with Gasteiger partial charge in [0.05, 0.1) is 12.6 Å². The molecule has 3 rings (SSSR count). The number of esters is 1. The Kier molecular flexibility index (Phi) is 6.12. The fourth-order valence-corrected chi connectivity index (χ4v) is 4.53. The molecule has 2 aromatic rings. The minimum atomic E-state index is -0.590. The second-order valence-electron chi connectivity index (χ2n) is 7.76. The molecule has 2 heterocycles. The van der Waals surface area contributed by atoms with E-state index < -0.39 is 5.97 Å². The minimum absolute atomic E-state index is 0.0293. The first-order chi connectivity index (χ1) is 13.2. The van der Waals surface area contributed by atoms with Crippen LogP contribution < -0.4 is 10.2 Å². The van der Waals surface area contributed by atoms with Gasteiger partial charge in [-0.05, 0) is 66.8 Å².